The molecule has 1 atom stereocenters. The number of amides is 2. The zero-order chi connectivity index (χ0) is 27.9. The molecule has 0 radical (unpaired) electrons. The van der Waals surface area contributed by atoms with Crippen molar-refractivity contribution in [1.82, 2.24) is 30.4 Å². The van der Waals surface area contributed by atoms with Crippen LogP contribution in [0.15, 0.2) is 71.3 Å². The number of methoxy groups -OCH3 is 1. The number of halogens is 1. The van der Waals surface area contributed by atoms with Crippen molar-refractivity contribution < 1.29 is 23.1 Å². The van der Waals surface area contributed by atoms with Crippen molar-refractivity contribution in [3.8, 4) is 17.1 Å². The van der Waals surface area contributed by atoms with Crippen LogP contribution >= 0.6 is 0 Å². The predicted octanol–water partition coefficient (Wildman–Crippen LogP) is 4.30. The van der Waals surface area contributed by atoms with Crippen LogP contribution < -0.4 is 10.1 Å². The summed E-state index contributed by atoms with van der Waals surface area (Å²) in [5.74, 6) is -0.173. The SMILES string of the molecule is COc1ccc(CN(C(=O)Cn2nnc(-c3ccccc3F)n2)[C@H](C(=O)NC2CCCCC2)c2ccco2)cc1. The fourth-order valence-corrected chi connectivity index (χ4v) is 4.92. The summed E-state index contributed by atoms with van der Waals surface area (Å²) in [6.07, 6.45) is 6.51. The first-order valence-electron chi connectivity index (χ1n) is 13.3. The maximum atomic E-state index is 14.3. The number of rotatable bonds is 10. The van der Waals surface area contributed by atoms with E-state index < -0.39 is 17.8 Å². The van der Waals surface area contributed by atoms with E-state index in [0.29, 0.717) is 11.5 Å². The summed E-state index contributed by atoms with van der Waals surface area (Å²) in [7, 11) is 1.58. The summed E-state index contributed by atoms with van der Waals surface area (Å²) in [5.41, 5.74) is 0.964. The number of nitrogens with zero attached hydrogens (tertiary/aromatic N) is 5. The zero-order valence-corrected chi connectivity index (χ0v) is 22.2. The van der Waals surface area contributed by atoms with Crippen LogP contribution in [-0.4, -0.2) is 50.1 Å². The molecule has 2 heterocycles. The van der Waals surface area contributed by atoms with Gasteiger partial charge in [-0.1, -0.05) is 43.5 Å². The molecule has 1 saturated carbocycles. The number of ether oxygens (including phenoxy) is 1. The molecular formula is C29H31FN6O4. The number of benzene rings is 2. The molecule has 2 aromatic heterocycles. The van der Waals surface area contributed by atoms with Gasteiger partial charge in [-0.2, -0.15) is 4.80 Å². The number of furan rings is 1. The van der Waals surface area contributed by atoms with Gasteiger partial charge in [0.1, 0.15) is 23.9 Å². The lowest BCUT2D eigenvalue weighted by atomic mass is 9.95. The van der Waals surface area contributed by atoms with E-state index in [2.05, 4.69) is 20.7 Å². The molecule has 2 aromatic carbocycles. The van der Waals surface area contributed by atoms with Gasteiger partial charge in [-0.05, 0) is 60.0 Å². The molecule has 10 nitrogen and oxygen atoms in total. The van der Waals surface area contributed by atoms with Crippen molar-refractivity contribution in [1.29, 1.82) is 0 Å². The average molecular weight is 547 g/mol. The number of carbonyl (C=O) groups excluding carboxylic acids is 2. The quantitative estimate of drug-likeness (QED) is 0.315. The molecule has 1 aliphatic rings. The minimum absolute atomic E-state index is 0.0389. The molecule has 208 valence electrons. The average Bonchev–Trinajstić information content (AvgIpc) is 3.67. The van der Waals surface area contributed by atoms with E-state index in [1.54, 1.807) is 43.5 Å². The van der Waals surface area contributed by atoms with Gasteiger partial charge >= 0.3 is 0 Å². The van der Waals surface area contributed by atoms with Crippen molar-refractivity contribution in [3.05, 3.63) is 84.1 Å². The second-order valence-corrected chi connectivity index (χ2v) is 9.75. The third kappa shape index (κ3) is 6.36. The Kier molecular flexibility index (Phi) is 8.48. The van der Waals surface area contributed by atoms with Gasteiger partial charge in [-0.3, -0.25) is 9.59 Å². The second kappa shape index (κ2) is 12.5. The number of hydrogen-bond acceptors (Lipinski definition) is 7. The van der Waals surface area contributed by atoms with E-state index in [9.17, 15) is 14.0 Å². The molecule has 1 fully saturated rings. The van der Waals surface area contributed by atoms with Crippen molar-refractivity contribution in [2.45, 2.75) is 57.3 Å². The lowest BCUT2D eigenvalue weighted by Gasteiger charge is -2.32. The summed E-state index contributed by atoms with van der Waals surface area (Å²) < 4.78 is 25.2. The van der Waals surface area contributed by atoms with E-state index in [-0.39, 0.29) is 36.4 Å². The number of nitrogens with one attached hydrogen (secondary N) is 1. The highest BCUT2D eigenvalue weighted by Gasteiger charge is 2.35. The first kappa shape index (κ1) is 27.0. The van der Waals surface area contributed by atoms with Gasteiger partial charge in [0.15, 0.2) is 6.04 Å². The number of carbonyl (C=O) groups is 2. The first-order valence-corrected chi connectivity index (χ1v) is 13.3. The van der Waals surface area contributed by atoms with Gasteiger partial charge in [-0.25, -0.2) is 4.39 Å². The van der Waals surface area contributed by atoms with Crippen LogP contribution in [0.1, 0.15) is 49.5 Å². The minimum Gasteiger partial charge on any atom is -0.497 e. The standard InChI is InChI=1S/C29H31FN6O4/c1-39-22-15-13-20(14-16-22)18-35(26(37)19-36-33-28(32-34-36)23-10-5-6-11-24(23)30)27(25-12-7-17-40-25)29(38)31-21-8-3-2-4-9-21/h5-7,10-17,21,27H,2-4,8-9,18-19H2,1H3,(H,31,38)/t27-/m0/s1. The van der Waals surface area contributed by atoms with Gasteiger partial charge in [0.2, 0.25) is 11.7 Å². The van der Waals surface area contributed by atoms with E-state index in [1.807, 2.05) is 12.1 Å². The molecule has 0 saturated heterocycles. The summed E-state index contributed by atoms with van der Waals surface area (Å²) >= 11 is 0. The van der Waals surface area contributed by atoms with Crippen molar-refractivity contribution in [2.75, 3.05) is 7.11 Å². The van der Waals surface area contributed by atoms with E-state index >= 15 is 0 Å². The van der Waals surface area contributed by atoms with Gasteiger partial charge in [-0.15, -0.1) is 10.2 Å². The molecule has 40 heavy (non-hydrogen) atoms. The maximum absolute atomic E-state index is 14.3. The lowest BCUT2D eigenvalue weighted by molar-refractivity contribution is -0.143. The van der Waals surface area contributed by atoms with Crippen LogP contribution in [0.4, 0.5) is 4.39 Å². The number of aromatic nitrogens is 4. The van der Waals surface area contributed by atoms with Gasteiger partial charge < -0.3 is 19.4 Å². The second-order valence-electron chi connectivity index (χ2n) is 9.75. The Labute approximate surface area is 231 Å². The Balaban J connectivity index is 1.44. The summed E-state index contributed by atoms with van der Waals surface area (Å²) in [6, 6.07) is 15.7. The molecule has 11 heteroatoms. The summed E-state index contributed by atoms with van der Waals surface area (Å²) in [4.78, 5) is 30.2. The van der Waals surface area contributed by atoms with Crippen LogP contribution in [0.3, 0.4) is 0 Å². The molecule has 4 aromatic rings. The van der Waals surface area contributed by atoms with E-state index in [0.717, 1.165) is 42.5 Å². The molecule has 2 amide bonds. The van der Waals surface area contributed by atoms with Crippen molar-refractivity contribution in [2.24, 2.45) is 0 Å². The van der Waals surface area contributed by atoms with Crippen LogP contribution in [0.25, 0.3) is 11.4 Å². The largest absolute Gasteiger partial charge is 0.497 e. The topological polar surface area (TPSA) is 115 Å². The maximum Gasteiger partial charge on any atom is 0.250 e. The van der Waals surface area contributed by atoms with Gasteiger partial charge in [0, 0.05) is 12.6 Å². The number of tetrazole rings is 1. The molecule has 1 N–H and O–H groups in total. The Morgan fingerprint density at radius 3 is 2.58 bits per heavy atom. The Bertz CT molecular complexity index is 1420. The molecule has 1 aliphatic carbocycles. The Morgan fingerprint density at radius 1 is 1.10 bits per heavy atom. The monoisotopic (exact) mass is 546 g/mol. The molecule has 0 bridgehead atoms. The van der Waals surface area contributed by atoms with E-state index in [1.165, 1.54) is 23.3 Å². The summed E-state index contributed by atoms with van der Waals surface area (Å²) in [6.45, 7) is -0.202. The first-order chi connectivity index (χ1) is 19.5. The third-order valence-electron chi connectivity index (χ3n) is 7.00. The highest BCUT2D eigenvalue weighted by Crippen LogP contribution is 2.27. The molecule has 0 spiro atoms. The minimum atomic E-state index is -1.03. The van der Waals surface area contributed by atoms with Crippen molar-refractivity contribution in [3.63, 3.8) is 0 Å². The molecule has 0 aliphatic heterocycles. The fraction of sp³-hybridized carbons (Fsp3) is 0.345. The lowest BCUT2D eigenvalue weighted by Crippen LogP contribution is -2.47. The molecule has 0 unspecified atom stereocenters. The Hall–Kier alpha value is -4.54. The van der Waals surface area contributed by atoms with Crippen LogP contribution in [0.5, 0.6) is 5.75 Å². The summed E-state index contributed by atoms with van der Waals surface area (Å²) in [5, 5.41) is 15.3. The van der Waals surface area contributed by atoms with Gasteiger partial charge in [0.05, 0.1) is 18.9 Å². The highest BCUT2D eigenvalue weighted by atomic mass is 19.1. The van der Waals surface area contributed by atoms with Gasteiger partial charge in [0.25, 0.3) is 5.91 Å². The molecule has 5 rings (SSSR count). The normalized spacial score (nSPS) is 14.4. The van der Waals surface area contributed by atoms with Crippen LogP contribution in [0, 0.1) is 5.82 Å². The highest BCUT2D eigenvalue weighted by molar-refractivity contribution is 5.88. The van der Waals surface area contributed by atoms with E-state index in [4.69, 9.17) is 9.15 Å². The predicted molar refractivity (Wildman–Crippen MR) is 143 cm³/mol. The third-order valence-corrected chi connectivity index (χ3v) is 7.00. The zero-order valence-electron chi connectivity index (χ0n) is 22.2. The Morgan fingerprint density at radius 2 is 1.88 bits per heavy atom. The van der Waals surface area contributed by atoms with Crippen LogP contribution in [0.2, 0.25) is 0 Å². The smallest absolute Gasteiger partial charge is 0.250 e. The fourth-order valence-electron chi connectivity index (χ4n) is 4.92. The number of hydrogen-bond donors (Lipinski definition) is 1. The molecular weight excluding hydrogens is 515 g/mol. The van der Waals surface area contributed by atoms with Crippen molar-refractivity contribution >= 4 is 11.8 Å². The van der Waals surface area contributed by atoms with Crippen LogP contribution in [-0.2, 0) is 22.7 Å².